The lowest BCUT2D eigenvalue weighted by Crippen LogP contribution is -2.02. The number of rotatable bonds is 2. The number of carbonyl (C=O) groups is 1. The molecule has 1 aromatic heterocycles. The van der Waals surface area contributed by atoms with E-state index in [0.717, 1.165) is 27.4 Å². The Kier molecular flexibility index (Phi) is 2.88. The van der Waals surface area contributed by atoms with E-state index in [1.807, 2.05) is 36.4 Å². The summed E-state index contributed by atoms with van der Waals surface area (Å²) in [4.78, 5) is 15.6. The summed E-state index contributed by atoms with van der Waals surface area (Å²) in [6.45, 7) is 1.61. The third kappa shape index (κ3) is 2.15. The monoisotopic (exact) mass is 251 g/mol. The number of hydrogen-bond donors (Lipinski definition) is 0. The van der Waals surface area contributed by atoms with Crippen molar-refractivity contribution in [2.45, 2.75) is 13.5 Å². The molecule has 0 atom stereocenters. The lowest BCUT2D eigenvalue weighted by Gasteiger charge is -2.09. The topological polar surface area (TPSA) is 39.2 Å². The number of aromatic nitrogens is 1. The molecule has 0 unspecified atom stereocenters. The zero-order valence-electron chi connectivity index (χ0n) is 10.6. The molecule has 0 fully saturated rings. The molecule has 0 saturated heterocycles. The summed E-state index contributed by atoms with van der Waals surface area (Å²) in [6, 6.07) is 16.0. The number of esters is 1. The lowest BCUT2D eigenvalue weighted by atomic mass is 10.0. The fourth-order valence-corrected chi connectivity index (χ4v) is 2.25. The Bertz CT molecular complexity index is 765. The predicted octanol–water partition coefficient (Wildman–Crippen LogP) is 3.45. The molecule has 0 radical (unpaired) electrons. The first-order valence-electron chi connectivity index (χ1n) is 6.15. The van der Waals surface area contributed by atoms with Gasteiger partial charge in [-0.15, -0.1) is 0 Å². The Labute approximate surface area is 110 Å². The van der Waals surface area contributed by atoms with E-state index in [9.17, 15) is 4.79 Å². The van der Waals surface area contributed by atoms with Crippen molar-refractivity contribution in [1.29, 1.82) is 0 Å². The second kappa shape index (κ2) is 4.69. The first-order valence-corrected chi connectivity index (χ1v) is 6.15. The van der Waals surface area contributed by atoms with Crippen molar-refractivity contribution in [3.05, 3.63) is 54.2 Å². The molecule has 3 aromatic rings. The Balaban J connectivity index is 2.26. The average molecular weight is 251 g/mol. The highest BCUT2D eigenvalue weighted by atomic mass is 16.5. The molecule has 94 valence electrons. The van der Waals surface area contributed by atoms with Crippen LogP contribution in [-0.2, 0) is 16.1 Å². The summed E-state index contributed by atoms with van der Waals surface area (Å²) in [6.07, 6.45) is 0. The highest BCUT2D eigenvalue weighted by Crippen LogP contribution is 2.26. The van der Waals surface area contributed by atoms with E-state index in [0.29, 0.717) is 0 Å². The Morgan fingerprint density at radius 1 is 1.00 bits per heavy atom. The quantitative estimate of drug-likeness (QED) is 0.517. The molecule has 0 N–H and O–H groups in total. The van der Waals surface area contributed by atoms with Gasteiger partial charge in [0.1, 0.15) is 6.61 Å². The Hall–Kier alpha value is -2.42. The molecule has 3 rings (SSSR count). The summed E-state index contributed by atoms with van der Waals surface area (Å²) in [5.74, 6) is -0.293. The van der Waals surface area contributed by atoms with Crippen molar-refractivity contribution in [2.75, 3.05) is 0 Å². The molecule has 0 aliphatic heterocycles. The van der Waals surface area contributed by atoms with Crippen molar-refractivity contribution in [2.24, 2.45) is 0 Å². The van der Waals surface area contributed by atoms with Crippen LogP contribution in [-0.4, -0.2) is 11.0 Å². The smallest absolute Gasteiger partial charge is 0.303 e. The summed E-state index contributed by atoms with van der Waals surface area (Å²) in [5, 5.41) is 3.28. The summed E-state index contributed by atoms with van der Waals surface area (Å²) in [5.41, 5.74) is 1.72. The maximum atomic E-state index is 11.0. The Morgan fingerprint density at radius 2 is 1.63 bits per heavy atom. The van der Waals surface area contributed by atoms with E-state index in [1.54, 1.807) is 0 Å². The summed E-state index contributed by atoms with van der Waals surface area (Å²) >= 11 is 0. The molecule has 0 amide bonds. The molecule has 2 aromatic carbocycles. The van der Waals surface area contributed by atoms with Crippen LogP contribution in [0.25, 0.3) is 21.7 Å². The molecule has 3 nitrogen and oxygen atoms in total. The second-order valence-electron chi connectivity index (χ2n) is 4.40. The maximum Gasteiger partial charge on any atom is 0.303 e. The van der Waals surface area contributed by atoms with Gasteiger partial charge in [0.2, 0.25) is 0 Å². The van der Waals surface area contributed by atoms with Crippen molar-refractivity contribution < 1.29 is 9.53 Å². The van der Waals surface area contributed by atoms with Crippen molar-refractivity contribution in [3.8, 4) is 0 Å². The number of ether oxygens (including phenoxy) is 1. The van der Waals surface area contributed by atoms with Gasteiger partial charge in [-0.05, 0) is 11.5 Å². The SMILES string of the molecule is CC(=O)OCc1nc2ccccc2c2ccccc12. The van der Waals surface area contributed by atoms with Gasteiger partial charge >= 0.3 is 5.97 Å². The molecule has 0 saturated carbocycles. The van der Waals surface area contributed by atoms with E-state index in [4.69, 9.17) is 4.74 Å². The zero-order chi connectivity index (χ0) is 13.2. The normalized spacial score (nSPS) is 10.8. The number of fused-ring (bicyclic) bond motifs is 3. The lowest BCUT2D eigenvalue weighted by molar-refractivity contribution is -0.142. The largest absolute Gasteiger partial charge is 0.459 e. The number of para-hydroxylation sites is 1. The fraction of sp³-hybridized carbons (Fsp3) is 0.125. The minimum absolute atomic E-state index is 0.209. The van der Waals surface area contributed by atoms with Crippen LogP contribution in [0, 0.1) is 0 Å². The third-order valence-electron chi connectivity index (χ3n) is 3.10. The first-order chi connectivity index (χ1) is 9.25. The van der Waals surface area contributed by atoms with Crippen LogP contribution in [0.15, 0.2) is 48.5 Å². The van der Waals surface area contributed by atoms with Gasteiger partial charge in [-0.3, -0.25) is 4.79 Å². The molecule has 3 heteroatoms. The number of benzene rings is 2. The highest BCUT2D eigenvalue weighted by Gasteiger charge is 2.08. The van der Waals surface area contributed by atoms with Gasteiger partial charge in [0.15, 0.2) is 0 Å². The van der Waals surface area contributed by atoms with Crippen LogP contribution < -0.4 is 0 Å². The summed E-state index contributed by atoms with van der Waals surface area (Å²) < 4.78 is 5.08. The molecule has 1 heterocycles. The number of pyridine rings is 1. The van der Waals surface area contributed by atoms with Crippen molar-refractivity contribution in [1.82, 2.24) is 4.98 Å². The third-order valence-corrected chi connectivity index (χ3v) is 3.10. The molecular formula is C16H13NO2. The second-order valence-corrected chi connectivity index (χ2v) is 4.40. The van der Waals surface area contributed by atoms with Gasteiger partial charge in [-0.25, -0.2) is 4.98 Å². The molecule has 0 aliphatic rings. The van der Waals surface area contributed by atoms with Gasteiger partial charge in [0, 0.05) is 17.7 Å². The molecular weight excluding hydrogens is 238 g/mol. The maximum absolute atomic E-state index is 11.0. The van der Waals surface area contributed by atoms with Crippen molar-refractivity contribution >= 4 is 27.6 Å². The zero-order valence-corrected chi connectivity index (χ0v) is 10.6. The van der Waals surface area contributed by atoms with Gasteiger partial charge < -0.3 is 4.74 Å². The van der Waals surface area contributed by atoms with Gasteiger partial charge in [-0.2, -0.15) is 0 Å². The summed E-state index contributed by atoms with van der Waals surface area (Å²) in [7, 11) is 0. The minimum Gasteiger partial charge on any atom is -0.459 e. The number of hydrogen-bond acceptors (Lipinski definition) is 3. The standard InChI is InChI=1S/C16H13NO2/c1-11(18)19-10-16-14-8-3-2-6-12(14)13-7-4-5-9-15(13)17-16/h2-9H,10H2,1H3. The highest BCUT2D eigenvalue weighted by molar-refractivity contribution is 6.06. The van der Waals surface area contributed by atoms with E-state index in [-0.39, 0.29) is 12.6 Å². The molecule has 19 heavy (non-hydrogen) atoms. The van der Waals surface area contributed by atoms with Gasteiger partial charge in [-0.1, -0.05) is 42.5 Å². The van der Waals surface area contributed by atoms with Crippen LogP contribution in [0.4, 0.5) is 0 Å². The number of carbonyl (C=O) groups excluding carboxylic acids is 1. The number of nitrogens with zero attached hydrogens (tertiary/aromatic N) is 1. The van der Waals surface area contributed by atoms with Crippen LogP contribution >= 0.6 is 0 Å². The average Bonchev–Trinajstić information content (AvgIpc) is 2.44. The van der Waals surface area contributed by atoms with Crippen LogP contribution in [0.3, 0.4) is 0 Å². The molecule has 0 aliphatic carbocycles. The van der Waals surface area contributed by atoms with Gasteiger partial charge in [0.05, 0.1) is 11.2 Å². The Morgan fingerprint density at radius 3 is 2.37 bits per heavy atom. The van der Waals surface area contributed by atoms with Crippen LogP contribution in [0.2, 0.25) is 0 Å². The van der Waals surface area contributed by atoms with Crippen molar-refractivity contribution in [3.63, 3.8) is 0 Å². The molecule has 0 bridgehead atoms. The van der Waals surface area contributed by atoms with Crippen LogP contribution in [0.1, 0.15) is 12.6 Å². The fourth-order valence-electron chi connectivity index (χ4n) is 2.25. The predicted molar refractivity (Wildman–Crippen MR) is 74.7 cm³/mol. The van der Waals surface area contributed by atoms with E-state index < -0.39 is 0 Å². The van der Waals surface area contributed by atoms with Crippen LogP contribution in [0.5, 0.6) is 0 Å². The van der Waals surface area contributed by atoms with E-state index in [2.05, 4.69) is 17.1 Å². The minimum atomic E-state index is -0.293. The van der Waals surface area contributed by atoms with Gasteiger partial charge in [0.25, 0.3) is 0 Å². The van der Waals surface area contributed by atoms with E-state index in [1.165, 1.54) is 6.92 Å². The molecule has 0 spiro atoms. The van der Waals surface area contributed by atoms with E-state index >= 15 is 0 Å². The first kappa shape index (κ1) is 11.7.